The van der Waals surface area contributed by atoms with Crippen LogP contribution in [0, 0.1) is 5.41 Å². The molecule has 2 unspecified atom stereocenters. The molecule has 0 aliphatic heterocycles. The summed E-state index contributed by atoms with van der Waals surface area (Å²) in [5, 5.41) is 34.7. The Morgan fingerprint density at radius 1 is 1.14 bits per heavy atom. The first-order valence-corrected chi connectivity index (χ1v) is 6.64. The first-order valence-electron chi connectivity index (χ1n) is 6.64. The lowest BCUT2D eigenvalue weighted by atomic mass is 9.86. The number of phenolic OH excluding ortho intramolecular Hbond substituents is 1. The standard InChI is InChI=1S/C9H10O3.C6H13NO3/c1-6(9(11)12)7-2-4-8(10)5-3-7;1-6(2,3-8)4(7)5(9)10/h2-6,10H,1H3,(H,11,12);4,8H,3,7H2,1-2H3,(H,9,10). The van der Waals surface area contributed by atoms with E-state index in [-0.39, 0.29) is 12.4 Å². The number of aliphatic carboxylic acids is 2. The molecule has 0 bridgehead atoms. The highest BCUT2D eigenvalue weighted by Gasteiger charge is 2.30. The number of aliphatic hydroxyl groups excluding tert-OH is 1. The number of hydrogen-bond acceptors (Lipinski definition) is 5. The van der Waals surface area contributed by atoms with E-state index in [9.17, 15) is 9.59 Å². The molecular weight excluding hydrogens is 290 g/mol. The number of hydrogen-bond donors (Lipinski definition) is 5. The quantitative estimate of drug-likeness (QED) is 0.546. The van der Waals surface area contributed by atoms with E-state index in [1.165, 1.54) is 12.1 Å². The van der Waals surface area contributed by atoms with Crippen LogP contribution >= 0.6 is 0 Å². The lowest BCUT2D eigenvalue weighted by Crippen LogP contribution is -2.45. The highest BCUT2D eigenvalue weighted by molar-refractivity contribution is 5.75. The molecular formula is C15H23NO6. The van der Waals surface area contributed by atoms with Crippen LogP contribution in [0.3, 0.4) is 0 Å². The van der Waals surface area contributed by atoms with Gasteiger partial charge in [0.25, 0.3) is 0 Å². The van der Waals surface area contributed by atoms with Crippen LogP contribution in [0.1, 0.15) is 32.3 Å². The third kappa shape index (κ3) is 6.11. The van der Waals surface area contributed by atoms with Crippen LogP contribution < -0.4 is 5.73 Å². The molecule has 0 spiro atoms. The fourth-order valence-corrected chi connectivity index (χ4v) is 1.34. The first-order chi connectivity index (χ1) is 10.0. The Labute approximate surface area is 129 Å². The molecule has 6 N–H and O–H groups in total. The minimum absolute atomic E-state index is 0.149. The van der Waals surface area contributed by atoms with E-state index in [4.69, 9.17) is 26.2 Å². The molecule has 1 rings (SSSR count). The number of phenols is 1. The zero-order valence-electron chi connectivity index (χ0n) is 12.9. The minimum atomic E-state index is -1.08. The molecule has 0 radical (unpaired) electrons. The fraction of sp³-hybridized carbons (Fsp3) is 0.467. The SMILES string of the molecule is CC(C(=O)O)c1ccc(O)cc1.CC(C)(CO)C(N)C(=O)O. The number of rotatable bonds is 5. The van der Waals surface area contributed by atoms with Crippen molar-refractivity contribution in [3.05, 3.63) is 29.8 Å². The topological polar surface area (TPSA) is 141 Å². The van der Waals surface area contributed by atoms with Crippen LogP contribution in [0.25, 0.3) is 0 Å². The van der Waals surface area contributed by atoms with E-state index in [1.54, 1.807) is 32.9 Å². The Kier molecular flexibility index (Phi) is 7.55. The van der Waals surface area contributed by atoms with E-state index < -0.39 is 29.3 Å². The summed E-state index contributed by atoms with van der Waals surface area (Å²) in [6.45, 7) is 4.59. The number of carbonyl (C=O) groups is 2. The van der Waals surface area contributed by atoms with Crippen LogP contribution in [-0.4, -0.2) is 45.0 Å². The van der Waals surface area contributed by atoms with Crippen molar-refractivity contribution < 1.29 is 30.0 Å². The second kappa shape index (κ2) is 8.35. The second-order valence-electron chi connectivity index (χ2n) is 5.61. The predicted molar refractivity (Wildman–Crippen MR) is 80.6 cm³/mol. The van der Waals surface area contributed by atoms with Crippen LogP contribution in [0.2, 0.25) is 0 Å². The Morgan fingerprint density at radius 2 is 1.59 bits per heavy atom. The van der Waals surface area contributed by atoms with Gasteiger partial charge in [0.2, 0.25) is 0 Å². The van der Waals surface area contributed by atoms with Crippen molar-refractivity contribution in [1.82, 2.24) is 0 Å². The van der Waals surface area contributed by atoms with Crippen molar-refractivity contribution in [2.45, 2.75) is 32.7 Å². The van der Waals surface area contributed by atoms with Crippen LogP contribution in [0.5, 0.6) is 5.75 Å². The maximum absolute atomic E-state index is 10.5. The summed E-state index contributed by atoms with van der Waals surface area (Å²) in [4.78, 5) is 20.8. The molecule has 2 atom stereocenters. The van der Waals surface area contributed by atoms with Crippen molar-refractivity contribution in [1.29, 1.82) is 0 Å². The number of carboxylic acid groups (broad SMARTS) is 2. The molecule has 0 saturated carbocycles. The van der Waals surface area contributed by atoms with E-state index >= 15 is 0 Å². The summed E-state index contributed by atoms with van der Waals surface area (Å²) in [6, 6.07) is 5.17. The summed E-state index contributed by atoms with van der Waals surface area (Å²) in [5.74, 6) is -2.32. The maximum atomic E-state index is 10.5. The van der Waals surface area contributed by atoms with Gasteiger partial charge in [0, 0.05) is 5.41 Å². The maximum Gasteiger partial charge on any atom is 0.321 e. The number of benzene rings is 1. The molecule has 0 aromatic heterocycles. The third-order valence-corrected chi connectivity index (χ3v) is 3.28. The van der Waals surface area contributed by atoms with Gasteiger partial charge >= 0.3 is 11.9 Å². The molecule has 0 aliphatic carbocycles. The summed E-state index contributed by atoms with van der Waals surface area (Å²) >= 11 is 0. The minimum Gasteiger partial charge on any atom is -0.508 e. The number of aromatic hydroxyl groups is 1. The molecule has 0 saturated heterocycles. The smallest absolute Gasteiger partial charge is 0.321 e. The van der Waals surface area contributed by atoms with Gasteiger partial charge in [-0.15, -0.1) is 0 Å². The summed E-state index contributed by atoms with van der Waals surface area (Å²) in [6.07, 6.45) is 0. The Balaban J connectivity index is 0.000000409. The Bertz CT molecular complexity index is 497. The van der Waals surface area contributed by atoms with Gasteiger partial charge in [-0.2, -0.15) is 0 Å². The average molecular weight is 313 g/mol. The van der Waals surface area contributed by atoms with Crippen molar-refractivity contribution >= 4 is 11.9 Å². The predicted octanol–water partition coefficient (Wildman–Crippen LogP) is 0.997. The molecule has 7 nitrogen and oxygen atoms in total. The lowest BCUT2D eigenvalue weighted by molar-refractivity contribution is -0.142. The number of aliphatic hydroxyl groups is 1. The third-order valence-electron chi connectivity index (χ3n) is 3.28. The van der Waals surface area contributed by atoms with Gasteiger partial charge in [0.1, 0.15) is 11.8 Å². The van der Waals surface area contributed by atoms with Gasteiger partial charge < -0.3 is 26.2 Å². The van der Waals surface area contributed by atoms with E-state index in [2.05, 4.69) is 0 Å². The fourth-order valence-electron chi connectivity index (χ4n) is 1.34. The largest absolute Gasteiger partial charge is 0.508 e. The zero-order valence-corrected chi connectivity index (χ0v) is 12.9. The molecule has 22 heavy (non-hydrogen) atoms. The van der Waals surface area contributed by atoms with Gasteiger partial charge in [-0.05, 0) is 24.6 Å². The van der Waals surface area contributed by atoms with E-state index in [0.717, 1.165) is 0 Å². The molecule has 7 heteroatoms. The summed E-state index contributed by atoms with van der Waals surface area (Å²) in [5.41, 5.74) is 5.20. The monoisotopic (exact) mass is 313 g/mol. The van der Waals surface area contributed by atoms with Gasteiger partial charge in [0.05, 0.1) is 12.5 Å². The Morgan fingerprint density at radius 3 is 1.86 bits per heavy atom. The average Bonchev–Trinajstić information content (AvgIpc) is 2.46. The Hall–Kier alpha value is -2.12. The van der Waals surface area contributed by atoms with Crippen molar-refractivity contribution in [2.75, 3.05) is 6.61 Å². The van der Waals surface area contributed by atoms with Crippen LogP contribution in [-0.2, 0) is 9.59 Å². The molecule has 0 amide bonds. The van der Waals surface area contributed by atoms with Crippen molar-refractivity contribution in [3.8, 4) is 5.75 Å². The summed E-state index contributed by atoms with van der Waals surface area (Å²) < 4.78 is 0. The zero-order chi connectivity index (χ0) is 17.5. The van der Waals surface area contributed by atoms with Gasteiger partial charge in [-0.25, -0.2) is 0 Å². The van der Waals surface area contributed by atoms with Gasteiger partial charge in [-0.1, -0.05) is 26.0 Å². The second-order valence-corrected chi connectivity index (χ2v) is 5.61. The molecule has 0 aliphatic rings. The van der Waals surface area contributed by atoms with Gasteiger partial charge in [-0.3, -0.25) is 9.59 Å². The number of nitrogens with two attached hydrogens (primary N) is 1. The summed E-state index contributed by atoms with van der Waals surface area (Å²) in [7, 11) is 0. The first kappa shape index (κ1) is 19.9. The molecule has 0 fully saturated rings. The lowest BCUT2D eigenvalue weighted by Gasteiger charge is -2.25. The van der Waals surface area contributed by atoms with Gasteiger partial charge in [0.15, 0.2) is 0 Å². The normalized spacial score (nSPS) is 13.5. The van der Waals surface area contributed by atoms with E-state index in [0.29, 0.717) is 5.56 Å². The highest BCUT2D eigenvalue weighted by Crippen LogP contribution is 2.18. The number of carboxylic acids is 2. The van der Waals surface area contributed by atoms with Crippen LogP contribution in [0.15, 0.2) is 24.3 Å². The molecule has 0 heterocycles. The highest BCUT2D eigenvalue weighted by atomic mass is 16.4. The van der Waals surface area contributed by atoms with Crippen LogP contribution in [0.4, 0.5) is 0 Å². The van der Waals surface area contributed by atoms with E-state index in [1.807, 2.05) is 0 Å². The molecule has 124 valence electrons. The van der Waals surface area contributed by atoms with Crippen molar-refractivity contribution in [2.24, 2.45) is 11.1 Å². The van der Waals surface area contributed by atoms with Crippen molar-refractivity contribution in [3.63, 3.8) is 0 Å². The molecule has 1 aromatic rings. The molecule has 1 aromatic carbocycles.